The van der Waals surface area contributed by atoms with Crippen molar-refractivity contribution < 1.29 is 30.2 Å². The van der Waals surface area contributed by atoms with Gasteiger partial charge in [-0.15, -0.1) is 0 Å². The van der Waals surface area contributed by atoms with E-state index in [4.69, 9.17) is 12.2 Å². The van der Waals surface area contributed by atoms with Gasteiger partial charge in [0, 0.05) is 0 Å². The molecule has 1 aromatic carbocycles. The fourth-order valence-electron chi connectivity index (χ4n) is 3.05. The van der Waals surface area contributed by atoms with Gasteiger partial charge in [0.15, 0.2) is 0 Å². The maximum atomic E-state index is 14.6. The molecule has 0 bridgehead atoms. The van der Waals surface area contributed by atoms with Crippen molar-refractivity contribution in [3.63, 3.8) is 0 Å². The molecule has 3 heterocycles. The Morgan fingerprint density at radius 3 is 2.58 bits per heavy atom. The molecule has 1 saturated heterocycles. The van der Waals surface area contributed by atoms with Gasteiger partial charge < -0.3 is 0 Å². The first-order chi connectivity index (χ1) is 12.4. The standard InChI is InChI=1S/C18H12F3N3S.V/c19-11-3-4-15(13(20)9-11)24-8-5-16(25)12-10-14(21)18(22-17(12)24)23-6-1-2-7-23;/h3-5,8-10H,1,6-7H2;. The molecule has 8 heteroatoms. The molecule has 1 aliphatic rings. The van der Waals surface area contributed by atoms with Crippen LogP contribution < -0.4 is 4.90 Å². The zero-order valence-electron chi connectivity index (χ0n) is 13.4. The molecule has 0 unspecified atom stereocenters. The van der Waals surface area contributed by atoms with E-state index in [1.165, 1.54) is 27.0 Å². The predicted octanol–water partition coefficient (Wildman–Crippen LogP) is 4.10. The molecule has 3 nitrogen and oxygen atoms in total. The van der Waals surface area contributed by atoms with Gasteiger partial charge in [0.25, 0.3) is 0 Å². The van der Waals surface area contributed by atoms with E-state index in [-0.39, 0.29) is 11.5 Å². The van der Waals surface area contributed by atoms with Crippen LogP contribution in [0.4, 0.5) is 19.0 Å². The maximum absolute atomic E-state index is 14.6. The van der Waals surface area contributed by atoms with Crippen LogP contribution in [0.15, 0.2) is 36.5 Å². The van der Waals surface area contributed by atoms with Crippen molar-refractivity contribution in [3.05, 3.63) is 58.5 Å². The molecule has 0 spiro atoms. The summed E-state index contributed by atoms with van der Waals surface area (Å²) in [5, 5.41) is 0.406. The normalized spacial score (nSPS) is 14.4. The Bertz CT molecular complexity index is 1110. The molecule has 1 fully saturated rings. The molecule has 0 radical (unpaired) electrons. The minimum atomic E-state index is -0.733. The van der Waals surface area contributed by atoms with Gasteiger partial charge in [0.2, 0.25) is 0 Å². The fourth-order valence-corrected chi connectivity index (χ4v) is 3.69. The quantitative estimate of drug-likeness (QED) is 0.594. The van der Waals surface area contributed by atoms with Crippen LogP contribution in [0.3, 0.4) is 0 Å². The summed E-state index contributed by atoms with van der Waals surface area (Å²) in [5.41, 5.74) is 0.454. The molecule has 131 valence electrons. The number of aromatic nitrogens is 2. The molecular formula is C18H12F3N3SV. The van der Waals surface area contributed by atoms with Gasteiger partial charge in [-0.05, 0) is 0 Å². The number of anilines is 1. The molecular weight excluding hydrogens is 398 g/mol. The molecule has 2 aromatic heterocycles. The van der Waals surface area contributed by atoms with Crippen LogP contribution in [0.1, 0.15) is 6.42 Å². The Morgan fingerprint density at radius 2 is 1.88 bits per heavy atom. The Morgan fingerprint density at radius 1 is 1.08 bits per heavy atom. The minimum absolute atomic E-state index is 0.122. The number of fused-ring (bicyclic) bond motifs is 1. The third-order valence-electron chi connectivity index (χ3n) is 4.32. The van der Waals surface area contributed by atoms with Gasteiger partial charge in [-0.1, -0.05) is 0 Å². The molecule has 0 amide bonds. The van der Waals surface area contributed by atoms with Gasteiger partial charge in [0.05, 0.1) is 0 Å². The van der Waals surface area contributed by atoms with Crippen molar-refractivity contribution in [2.45, 2.75) is 6.42 Å². The third-order valence-corrected chi connectivity index (χ3v) is 5.24. The second kappa shape index (κ2) is 6.65. The Balaban J connectivity index is 1.98. The summed E-state index contributed by atoms with van der Waals surface area (Å²) in [7, 11) is 0. The second-order valence-electron chi connectivity index (χ2n) is 6.05. The summed E-state index contributed by atoms with van der Waals surface area (Å²) in [6.45, 7) is 1.27. The van der Waals surface area contributed by atoms with E-state index in [0.29, 0.717) is 28.6 Å². The Hall–Kier alpha value is -1.96. The second-order valence-corrected chi connectivity index (χ2v) is 7.48. The van der Waals surface area contributed by atoms with Crippen LogP contribution in [-0.4, -0.2) is 26.9 Å². The van der Waals surface area contributed by atoms with E-state index in [2.05, 4.69) is 22.0 Å². The number of benzene rings is 1. The number of hydrogen-bond donors (Lipinski definition) is 0. The van der Waals surface area contributed by atoms with E-state index in [9.17, 15) is 13.2 Å². The monoisotopic (exact) mass is 410 g/mol. The van der Waals surface area contributed by atoms with Gasteiger partial charge in [-0.25, -0.2) is 0 Å². The van der Waals surface area contributed by atoms with Crippen LogP contribution in [0.2, 0.25) is 0 Å². The molecule has 0 saturated carbocycles. The van der Waals surface area contributed by atoms with Crippen LogP contribution in [0.5, 0.6) is 0 Å². The summed E-state index contributed by atoms with van der Waals surface area (Å²) in [5.74, 6) is -1.67. The number of nitrogens with zero attached hydrogens (tertiary/aromatic N) is 3. The summed E-state index contributed by atoms with van der Waals surface area (Å²) in [6.07, 6.45) is 2.42. The Kier molecular flexibility index (Phi) is 4.46. The average molecular weight is 410 g/mol. The zero-order valence-corrected chi connectivity index (χ0v) is 15.6. The summed E-state index contributed by atoms with van der Waals surface area (Å²) < 4.78 is 45.3. The zero-order chi connectivity index (χ0) is 18.4. The molecule has 4 rings (SSSR count). The molecule has 26 heavy (non-hydrogen) atoms. The van der Waals surface area contributed by atoms with Gasteiger partial charge in [0.1, 0.15) is 0 Å². The third kappa shape index (κ3) is 3.00. The van der Waals surface area contributed by atoms with Crippen LogP contribution in [0.25, 0.3) is 16.7 Å². The van der Waals surface area contributed by atoms with Crippen molar-refractivity contribution >= 4 is 33.3 Å². The molecule has 0 N–H and O–H groups in total. The molecule has 0 aliphatic carbocycles. The first kappa shape index (κ1) is 17.5. The molecule has 1 aliphatic heterocycles. The van der Waals surface area contributed by atoms with Crippen LogP contribution in [0, 0.1) is 22.0 Å². The van der Waals surface area contributed by atoms with Crippen LogP contribution >= 0.6 is 12.2 Å². The SMILES string of the molecule is Fc1ccc(-n2ccc(=S)c3cc(F)c(N4CC[C](=[V])C4)nc32)c(F)c1. The van der Waals surface area contributed by atoms with E-state index < -0.39 is 17.5 Å². The van der Waals surface area contributed by atoms with Crippen LogP contribution in [-0.2, 0) is 17.0 Å². The summed E-state index contributed by atoms with van der Waals surface area (Å²) in [4.78, 5) is 6.30. The number of rotatable bonds is 2. The van der Waals surface area contributed by atoms with Gasteiger partial charge in [-0.3, -0.25) is 0 Å². The first-order valence-electron chi connectivity index (χ1n) is 7.90. The van der Waals surface area contributed by atoms with Crippen molar-refractivity contribution in [1.29, 1.82) is 0 Å². The van der Waals surface area contributed by atoms with E-state index in [1.807, 2.05) is 4.90 Å². The fraction of sp³-hybridized carbons (Fsp3) is 0.167. The van der Waals surface area contributed by atoms with Gasteiger partial charge >= 0.3 is 162 Å². The average Bonchev–Trinajstić information content (AvgIpc) is 3.02. The summed E-state index contributed by atoms with van der Waals surface area (Å²) in [6, 6.07) is 6.20. The van der Waals surface area contributed by atoms with Crippen molar-refractivity contribution in [2.24, 2.45) is 0 Å². The van der Waals surface area contributed by atoms with E-state index in [0.717, 1.165) is 12.5 Å². The van der Waals surface area contributed by atoms with Gasteiger partial charge in [-0.2, -0.15) is 0 Å². The van der Waals surface area contributed by atoms with Crippen molar-refractivity contribution in [3.8, 4) is 5.69 Å². The van der Waals surface area contributed by atoms with E-state index in [1.54, 1.807) is 12.3 Å². The van der Waals surface area contributed by atoms with Crippen molar-refractivity contribution in [1.82, 2.24) is 9.55 Å². The van der Waals surface area contributed by atoms with E-state index >= 15 is 0 Å². The predicted molar refractivity (Wildman–Crippen MR) is 93.6 cm³/mol. The van der Waals surface area contributed by atoms with Crippen molar-refractivity contribution in [2.75, 3.05) is 18.0 Å². The molecule has 0 atom stereocenters. The Labute approximate surface area is 161 Å². The topological polar surface area (TPSA) is 21.1 Å². The molecule has 3 aromatic rings. The number of pyridine rings is 2. The number of hydrogen-bond acceptors (Lipinski definition) is 3. The number of halogens is 3. The first-order valence-corrected chi connectivity index (χ1v) is 9.00. The summed E-state index contributed by atoms with van der Waals surface area (Å²) >= 11 is 7.78.